The van der Waals surface area contributed by atoms with E-state index in [1.165, 1.54) is 0 Å². The molecule has 0 aromatic carbocycles. The summed E-state index contributed by atoms with van der Waals surface area (Å²) in [6.07, 6.45) is 2.20. The normalized spacial score (nSPS) is 23.1. The second kappa shape index (κ2) is 8.06. The molecule has 0 saturated carbocycles. The van der Waals surface area contributed by atoms with Gasteiger partial charge in [-0.05, 0) is 24.5 Å². The maximum absolute atomic E-state index is 13.0. The SMILES string of the molecule is CCSCCN1C(=O)C(CC)(CC)NC(=O)C1C(C)CC. The molecule has 0 aromatic rings. The first-order valence-corrected chi connectivity index (χ1v) is 9.33. The van der Waals surface area contributed by atoms with Crippen LogP contribution in [0.2, 0.25) is 0 Å². The lowest BCUT2D eigenvalue weighted by Gasteiger charge is -2.47. The van der Waals surface area contributed by atoms with Gasteiger partial charge in [0.15, 0.2) is 0 Å². The molecule has 1 saturated heterocycles. The van der Waals surface area contributed by atoms with Crippen molar-refractivity contribution in [3.05, 3.63) is 0 Å². The number of carbonyl (C=O) groups is 2. The van der Waals surface area contributed by atoms with Crippen molar-refractivity contribution in [3.63, 3.8) is 0 Å². The molecule has 1 fully saturated rings. The van der Waals surface area contributed by atoms with Crippen molar-refractivity contribution in [2.24, 2.45) is 5.92 Å². The zero-order valence-corrected chi connectivity index (χ0v) is 14.9. The molecule has 2 atom stereocenters. The molecule has 1 rings (SSSR count). The lowest BCUT2D eigenvalue weighted by atomic mass is 9.84. The fourth-order valence-corrected chi connectivity index (χ4v) is 3.59. The molecular formula is C16H30N2O2S. The average molecular weight is 314 g/mol. The van der Waals surface area contributed by atoms with Crippen LogP contribution in [0.15, 0.2) is 0 Å². The Morgan fingerprint density at radius 1 is 1.24 bits per heavy atom. The van der Waals surface area contributed by atoms with Crippen LogP contribution in [0.5, 0.6) is 0 Å². The van der Waals surface area contributed by atoms with Gasteiger partial charge in [-0.15, -0.1) is 0 Å². The summed E-state index contributed by atoms with van der Waals surface area (Å²) in [6.45, 7) is 10.9. The van der Waals surface area contributed by atoms with E-state index < -0.39 is 5.54 Å². The van der Waals surface area contributed by atoms with Crippen molar-refractivity contribution in [3.8, 4) is 0 Å². The lowest BCUT2D eigenvalue weighted by Crippen LogP contribution is -2.71. The molecule has 0 aromatic heterocycles. The van der Waals surface area contributed by atoms with E-state index in [0.29, 0.717) is 19.4 Å². The molecule has 2 amide bonds. The highest BCUT2D eigenvalue weighted by molar-refractivity contribution is 7.99. The van der Waals surface area contributed by atoms with E-state index in [-0.39, 0.29) is 23.8 Å². The first kappa shape index (κ1) is 18.3. The molecule has 0 aliphatic carbocycles. The van der Waals surface area contributed by atoms with Crippen LogP contribution in [0, 0.1) is 5.92 Å². The van der Waals surface area contributed by atoms with E-state index in [1.807, 2.05) is 30.5 Å². The Balaban J connectivity index is 3.04. The van der Waals surface area contributed by atoms with Gasteiger partial charge in [0.25, 0.3) is 0 Å². The van der Waals surface area contributed by atoms with Crippen LogP contribution in [0.1, 0.15) is 53.9 Å². The molecule has 1 aliphatic heterocycles. The number of piperazine rings is 1. The van der Waals surface area contributed by atoms with Crippen LogP contribution in [-0.2, 0) is 9.59 Å². The predicted molar refractivity (Wildman–Crippen MR) is 89.4 cm³/mol. The highest BCUT2D eigenvalue weighted by atomic mass is 32.2. The smallest absolute Gasteiger partial charge is 0.249 e. The van der Waals surface area contributed by atoms with E-state index in [2.05, 4.69) is 26.1 Å². The van der Waals surface area contributed by atoms with Crippen LogP contribution < -0.4 is 5.32 Å². The molecule has 0 spiro atoms. The van der Waals surface area contributed by atoms with Gasteiger partial charge in [-0.1, -0.05) is 41.0 Å². The molecule has 122 valence electrons. The first-order chi connectivity index (χ1) is 9.97. The number of thioether (sulfide) groups is 1. The van der Waals surface area contributed by atoms with Crippen molar-refractivity contribution in [1.29, 1.82) is 0 Å². The highest BCUT2D eigenvalue weighted by Gasteiger charge is 2.49. The Labute approximate surface area is 133 Å². The summed E-state index contributed by atoms with van der Waals surface area (Å²) in [5.41, 5.74) is -0.697. The van der Waals surface area contributed by atoms with Crippen LogP contribution in [0.25, 0.3) is 0 Å². The zero-order valence-electron chi connectivity index (χ0n) is 14.1. The summed E-state index contributed by atoms with van der Waals surface area (Å²) in [4.78, 5) is 27.4. The van der Waals surface area contributed by atoms with E-state index in [4.69, 9.17) is 0 Å². The van der Waals surface area contributed by atoms with Gasteiger partial charge in [0.1, 0.15) is 11.6 Å². The summed E-state index contributed by atoms with van der Waals surface area (Å²) in [5.74, 6) is 2.25. The monoisotopic (exact) mass is 314 g/mol. The second-order valence-electron chi connectivity index (χ2n) is 5.80. The topological polar surface area (TPSA) is 49.4 Å². The minimum absolute atomic E-state index is 0.0224. The largest absolute Gasteiger partial charge is 0.340 e. The van der Waals surface area contributed by atoms with Gasteiger partial charge in [-0.3, -0.25) is 9.59 Å². The third kappa shape index (κ3) is 3.74. The van der Waals surface area contributed by atoms with Crippen LogP contribution in [-0.4, -0.2) is 46.3 Å². The number of hydrogen-bond acceptors (Lipinski definition) is 3. The summed E-state index contributed by atoms with van der Waals surface area (Å²) < 4.78 is 0. The van der Waals surface area contributed by atoms with E-state index in [0.717, 1.165) is 17.9 Å². The molecule has 0 bridgehead atoms. The van der Waals surface area contributed by atoms with E-state index >= 15 is 0 Å². The fourth-order valence-electron chi connectivity index (χ4n) is 2.97. The molecule has 21 heavy (non-hydrogen) atoms. The molecule has 1 aliphatic rings. The maximum Gasteiger partial charge on any atom is 0.249 e. The van der Waals surface area contributed by atoms with Gasteiger partial charge in [-0.2, -0.15) is 11.8 Å². The third-order valence-electron chi connectivity index (χ3n) is 4.71. The van der Waals surface area contributed by atoms with Crippen molar-refractivity contribution in [2.45, 2.75) is 65.5 Å². The Bertz CT molecular complexity index is 369. The highest BCUT2D eigenvalue weighted by Crippen LogP contribution is 2.29. The number of hydrogen-bond donors (Lipinski definition) is 1. The number of nitrogens with zero attached hydrogens (tertiary/aromatic N) is 1. The van der Waals surface area contributed by atoms with Crippen molar-refractivity contribution in [1.82, 2.24) is 10.2 Å². The second-order valence-corrected chi connectivity index (χ2v) is 7.20. The standard InChI is InChI=1S/C16H30N2O2S/c1-6-12(5)13-14(19)17-16(7-2,8-3)15(20)18(13)10-11-21-9-4/h12-13H,6-11H2,1-5H3,(H,17,19). The summed E-state index contributed by atoms with van der Waals surface area (Å²) in [6, 6.07) is -0.314. The maximum atomic E-state index is 13.0. The van der Waals surface area contributed by atoms with Crippen molar-refractivity contribution in [2.75, 3.05) is 18.1 Å². The number of amides is 2. The Morgan fingerprint density at radius 2 is 1.86 bits per heavy atom. The van der Waals surface area contributed by atoms with Crippen LogP contribution in [0.4, 0.5) is 0 Å². The van der Waals surface area contributed by atoms with Gasteiger partial charge >= 0.3 is 0 Å². The van der Waals surface area contributed by atoms with Gasteiger partial charge < -0.3 is 10.2 Å². The van der Waals surface area contributed by atoms with Crippen LogP contribution in [0.3, 0.4) is 0 Å². The Kier molecular flexibility index (Phi) is 7.04. The van der Waals surface area contributed by atoms with Crippen LogP contribution >= 0.6 is 11.8 Å². The third-order valence-corrected chi connectivity index (χ3v) is 5.59. The van der Waals surface area contributed by atoms with Gasteiger partial charge in [-0.25, -0.2) is 0 Å². The van der Waals surface area contributed by atoms with Crippen molar-refractivity contribution >= 4 is 23.6 Å². The lowest BCUT2D eigenvalue weighted by molar-refractivity contribution is -0.157. The van der Waals surface area contributed by atoms with Gasteiger partial charge in [0.05, 0.1) is 0 Å². The molecule has 4 nitrogen and oxygen atoms in total. The minimum atomic E-state index is -0.697. The molecule has 1 N–H and O–H groups in total. The fraction of sp³-hybridized carbons (Fsp3) is 0.875. The van der Waals surface area contributed by atoms with Crippen molar-refractivity contribution < 1.29 is 9.59 Å². The molecule has 5 heteroatoms. The summed E-state index contributed by atoms with van der Waals surface area (Å²) >= 11 is 1.82. The van der Waals surface area contributed by atoms with E-state index in [9.17, 15) is 9.59 Å². The molecular weight excluding hydrogens is 284 g/mol. The number of carbonyl (C=O) groups excluding carboxylic acids is 2. The number of rotatable bonds is 8. The first-order valence-electron chi connectivity index (χ1n) is 8.18. The molecule has 2 unspecified atom stereocenters. The molecule has 0 radical (unpaired) electrons. The predicted octanol–water partition coefficient (Wildman–Crippen LogP) is 2.67. The van der Waals surface area contributed by atoms with Gasteiger partial charge in [0, 0.05) is 12.3 Å². The quantitative estimate of drug-likeness (QED) is 0.701. The summed E-state index contributed by atoms with van der Waals surface area (Å²) in [5, 5.41) is 3.03. The zero-order chi connectivity index (χ0) is 16.0. The van der Waals surface area contributed by atoms with E-state index in [1.54, 1.807) is 0 Å². The average Bonchev–Trinajstić information content (AvgIpc) is 2.49. The number of nitrogens with one attached hydrogen (secondary N) is 1. The minimum Gasteiger partial charge on any atom is -0.340 e. The molecule has 1 heterocycles. The Morgan fingerprint density at radius 3 is 2.33 bits per heavy atom. The van der Waals surface area contributed by atoms with Gasteiger partial charge in [0.2, 0.25) is 11.8 Å². The Hall–Kier alpha value is -0.710. The summed E-state index contributed by atoms with van der Waals surface area (Å²) in [7, 11) is 0.